The number of aryl methyl sites for hydroxylation is 2. The first-order chi connectivity index (χ1) is 9.65. The molecule has 104 valence electrons. The first-order valence-corrected chi connectivity index (χ1v) is 6.80. The highest BCUT2D eigenvalue weighted by atomic mass is 16.4. The zero-order valence-electron chi connectivity index (χ0n) is 11.4. The fraction of sp³-hybridized carbons (Fsp3) is 0.312. The molecule has 0 saturated carbocycles. The van der Waals surface area contributed by atoms with Gasteiger partial charge in [0.25, 0.3) is 0 Å². The summed E-state index contributed by atoms with van der Waals surface area (Å²) in [6, 6.07) is 10.0. The fourth-order valence-corrected chi connectivity index (χ4v) is 2.76. The zero-order chi connectivity index (χ0) is 14.1. The number of hydrogen-bond donors (Lipinski definition) is 1. The average molecular weight is 271 g/mol. The fourth-order valence-electron chi connectivity index (χ4n) is 2.76. The quantitative estimate of drug-likeness (QED) is 0.931. The first-order valence-electron chi connectivity index (χ1n) is 6.80. The summed E-state index contributed by atoms with van der Waals surface area (Å²) in [5.74, 6) is -0.313. The van der Waals surface area contributed by atoms with Crippen molar-refractivity contribution in [3.63, 3.8) is 0 Å². The molecule has 0 radical (unpaired) electrons. The van der Waals surface area contributed by atoms with E-state index in [0.717, 1.165) is 24.9 Å². The van der Waals surface area contributed by atoms with Crippen molar-refractivity contribution in [2.75, 3.05) is 11.4 Å². The summed E-state index contributed by atoms with van der Waals surface area (Å²) >= 11 is 0. The van der Waals surface area contributed by atoms with E-state index in [1.54, 1.807) is 6.07 Å². The maximum Gasteiger partial charge on any atom is 0.371 e. The minimum absolute atomic E-state index is 0.0165. The van der Waals surface area contributed by atoms with Crippen LogP contribution in [0.15, 0.2) is 34.7 Å². The molecule has 20 heavy (non-hydrogen) atoms. The van der Waals surface area contributed by atoms with Crippen molar-refractivity contribution in [1.82, 2.24) is 0 Å². The van der Waals surface area contributed by atoms with E-state index < -0.39 is 5.97 Å². The predicted molar refractivity (Wildman–Crippen MR) is 76.2 cm³/mol. The highest BCUT2D eigenvalue weighted by molar-refractivity contribution is 5.84. The Kier molecular flexibility index (Phi) is 3.22. The smallest absolute Gasteiger partial charge is 0.371 e. The number of carbonyl (C=O) groups is 1. The number of anilines is 1. The molecule has 4 heteroatoms. The second-order valence-electron chi connectivity index (χ2n) is 5.15. The molecule has 0 unspecified atom stereocenters. The van der Waals surface area contributed by atoms with Crippen LogP contribution in [0, 0.1) is 6.92 Å². The molecule has 1 aliphatic heterocycles. The van der Waals surface area contributed by atoms with E-state index in [0.29, 0.717) is 12.3 Å². The molecule has 1 aromatic carbocycles. The monoisotopic (exact) mass is 271 g/mol. The van der Waals surface area contributed by atoms with Crippen LogP contribution in [0.25, 0.3) is 0 Å². The number of hydrogen-bond acceptors (Lipinski definition) is 3. The van der Waals surface area contributed by atoms with Gasteiger partial charge in [0.05, 0.1) is 0 Å². The van der Waals surface area contributed by atoms with Crippen molar-refractivity contribution in [3.05, 3.63) is 53.0 Å². The number of benzene rings is 1. The van der Waals surface area contributed by atoms with Gasteiger partial charge in [-0.2, -0.15) is 0 Å². The Morgan fingerprint density at radius 2 is 2.20 bits per heavy atom. The van der Waals surface area contributed by atoms with Crippen molar-refractivity contribution >= 4 is 11.7 Å². The molecule has 1 aromatic heterocycles. The molecule has 2 heterocycles. The SMILES string of the molecule is Cc1oc(C(=O)O)cc1CN1CCCc2ccccc21. The summed E-state index contributed by atoms with van der Waals surface area (Å²) in [4.78, 5) is 13.2. The number of carboxylic acid groups (broad SMARTS) is 1. The molecule has 0 bridgehead atoms. The van der Waals surface area contributed by atoms with Gasteiger partial charge in [0, 0.05) is 24.3 Å². The lowest BCUT2D eigenvalue weighted by molar-refractivity contribution is 0.0661. The van der Waals surface area contributed by atoms with Crippen LogP contribution >= 0.6 is 0 Å². The maximum absolute atomic E-state index is 10.9. The standard InChI is InChI=1S/C16H17NO3/c1-11-13(9-15(20-11)16(18)19)10-17-8-4-6-12-5-2-3-7-14(12)17/h2-3,5,7,9H,4,6,8,10H2,1H3,(H,18,19). The molecule has 0 amide bonds. The van der Waals surface area contributed by atoms with Crippen LogP contribution in [0.1, 0.15) is 33.9 Å². The van der Waals surface area contributed by atoms with Crippen LogP contribution in [0.4, 0.5) is 5.69 Å². The summed E-state index contributed by atoms with van der Waals surface area (Å²) in [6.45, 7) is 3.50. The Bertz CT molecular complexity index is 645. The first kappa shape index (κ1) is 12.8. The molecular weight excluding hydrogens is 254 g/mol. The summed E-state index contributed by atoms with van der Waals surface area (Å²) in [6.07, 6.45) is 2.23. The minimum Gasteiger partial charge on any atom is -0.475 e. The molecule has 0 fully saturated rings. The van der Waals surface area contributed by atoms with Crippen LogP contribution in [0.5, 0.6) is 0 Å². The lowest BCUT2D eigenvalue weighted by Crippen LogP contribution is -2.28. The van der Waals surface area contributed by atoms with E-state index in [1.165, 1.54) is 11.3 Å². The van der Waals surface area contributed by atoms with Gasteiger partial charge in [0.15, 0.2) is 0 Å². The van der Waals surface area contributed by atoms with Crippen LogP contribution in [-0.2, 0) is 13.0 Å². The molecule has 1 aliphatic rings. The van der Waals surface area contributed by atoms with E-state index in [4.69, 9.17) is 9.52 Å². The van der Waals surface area contributed by atoms with Crippen molar-refractivity contribution in [3.8, 4) is 0 Å². The highest BCUT2D eigenvalue weighted by Crippen LogP contribution is 2.29. The van der Waals surface area contributed by atoms with E-state index in [-0.39, 0.29) is 5.76 Å². The number of fused-ring (bicyclic) bond motifs is 1. The molecule has 0 atom stereocenters. The number of rotatable bonds is 3. The number of para-hydroxylation sites is 1. The van der Waals surface area contributed by atoms with E-state index >= 15 is 0 Å². The van der Waals surface area contributed by atoms with Crippen LogP contribution < -0.4 is 4.90 Å². The molecule has 0 aliphatic carbocycles. The van der Waals surface area contributed by atoms with Crippen molar-refractivity contribution in [2.45, 2.75) is 26.3 Å². The molecule has 0 saturated heterocycles. The summed E-state index contributed by atoms with van der Waals surface area (Å²) in [7, 11) is 0. The molecule has 2 aromatic rings. The zero-order valence-corrected chi connectivity index (χ0v) is 11.4. The van der Waals surface area contributed by atoms with Gasteiger partial charge in [-0.3, -0.25) is 0 Å². The largest absolute Gasteiger partial charge is 0.475 e. The van der Waals surface area contributed by atoms with Gasteiger partial charge in [-0.1, -0.05) is 18.2 Å². The number of furan rings is 1. The summed E-state index contributed by atoms with van der Waals surface area (Å²) < 4.78 is 5.28. The molecule has 0 spiro atoms. The molecule has 1 N–H and O–H groups in total. The third kappa shape index (κ3) is 2.29. The van der Waals surface area contributed by atoms with Crippen LogP contribution in [-0.4, -0.2) is 17.6 Å². The Morgan fingerprint density at radius 1 is 1.40 bits per heavy atom. The average Bonchev–Trinajstić information content (AvgIpc) is 2.81. The second-order valence-corrected chi connectivity index (χ2v) is 5.15. The molecule has 4 nitrogen and oxygen atoms in total. The van der Waals surface area contributed by atoms with E-state index in [2.05, 4.69) is 23.1 Å². The van der Waals surface area contributed by atoms with Crippen molar-refractivity contribution in [2.24, 2.45) is 0 Å². The van der Waals surface area contributed by atoms with Crippen LogP contribution in [0.2, 0.25) is 0 Å². The Labute approximate surface area is 117 Å². The summed E-state index contributed by atoms with van der Waals surface area (Å²) in [5, 5.41) is 8.98. The van der Waals surface area contributed by atoms with Crippen molar-refractivity contribution in [1.29, 1.82) is 0 Å². The van der Waals surface area contributed by atoms with E-state index in [9.17, 15) is 4.79 Å². The van der Waals surface area contributed by atoms with Gasteiger partial charge < -0.3 is 14.4 Å². The number of nitrogens with zero attached hydrogens (tertiary/aromatic N) is 1. The van der Waals surface area contributed by atoms with Crippen LogP contribution in [0.3, 0.4) is 0 Å². The lowest BCUT2D eigenvalue weighted by Gasteiger charge is -2.31. The Morgan fingerprint density at radius 3 is 2.95 bits per heavy atom. The Hall–Kier alpha value is -2.23. The predicted octanol–water partition coefficient (Wildman–Crippen LogP) is 3.24. The third-order valence-corrected chi connectivity index (χ3v) is 3.80. The van der Waals surface area contributed by atoms with Gasteiger partial charge in [0.1, 0.15) is 5.76 Å². The topological polar surface area (TPSA) is 53.7 Å². The number of carboxylic acids is 1. The molecule has 3 rings (SSSR count). The number of aromatic carboxylic acids is 1. The maximum atomic E-state index is 10.9. The van der Waals surface area contributed by atoms with Gasteiger partial charge in [-0.15, -0.1) is 0 Å². The van der Waals surface area contributed by atoms with Gasteiger partial charge in [0.2, 0.25) is 5.76 Å². The van der Waals surface area contributed by atoms with Crippen molar-refractivity contribution < 1.29 is 14.3 Å². The van der Waals surface area contributed by atoms with Gasteiger partial charge >= 0.3 is 5.97 Å². The Balaban J connectivity index is 1.87. The minimum atomic E-state index is -1.02. The normalized spacial score (nSPS) is 14.2. The summed E-state index contributed by atoms with van der Waals surface area (Å²) in [5.41, 5.74) is 3.55. The molecular formula is C16H17NO3. The third-order valence-electron chi connectivity index (χ3n) is 3.80. The van der Waals surface area contributed by atoms with Gasteiger partial charge in [-0.05, 0) is 37.5 Å². The lowest BCUT2D eigenvalue weighted by atomic mass is 10.0. The highest BCUT2D eigenvalue weighted by Gasteiger charge is 2.19. The van der Waals surface area contributed by atoms with E-state index in [1.807, 2.05) is 13.0 Å². The van der Waals surface area contributed by atoms with Gasteiger partial charge in [-0.25, -0.2) is 4.79 Å². The second kappa shape index (κ2) is 5.04.